The maximum Gasteiger partial charge on any atom is 0.407 e. The second-order valence-electron chi connectivity index (χ2n) is 4.93. The van der Waals surface area contributed by atoms with Crippen LogP contribution in [-0.2, 0) is 17.8 Å². The second-order valence-corrected chi connectivity index (χ2v) is 4.93. The minimum absolute atomic E-state index is 0.225. The number of carbonyl (C=O) groups excluding carboxylic acids is 1. The van der Waals surface area contributed by atoms with Gasteiger partial charge in [-0.15, -0.1) is 0 Å². The number of benzene rings is 2. The molecule has 2 aromatic rings. The van der Waals surface area contributed by atoms with Crippen LogP contribution in [0.2, 0.25) is 0 Å². The van der Waals surface area contributed by atoms with E-state index >= 15 is 0 Å². The lowest BCUT2D eigenvalue weighted by Crippen LogP contribution is -2.38. The summed E-state index contributed by atoms with van der Waals surface area (Å²) in [6.07, 6.45) is 0.123. The number of amides is 1. The van der Waals surface area contributed by atoms with Crippen molar-refractivity contribution >= 4 is 6.09 Å². The van der Waals surface area contributed by atoms with Crippen LogP contribution < -0.4 is 5.32 Å². The SMILES string of the molecule is [C-]#[N+]C[C@H](Cc1ccccc1)NC(=O)OCc1ccccc1. The predicted molar refractivity (Wildman–Crippen MR) is 85.2 cm³/mol. The van der Waals surface area contributed by atoms with Crippen molar-refractivity contribution in [2.75, 3.05) is 6.54 Å². The van der Waals surface area contributed by atoms with Gasteiger partial charge in [0.25, 0.3) is 0 Å². The first-order valence-electron chi connectivity index (χ1n) is 7.12. The fourth-order valence-electron chi connectivity index (χ4n) is 2.10. The molecular formula is C18H18N2O2. The van der Waals surface area contributed by atoms with Gasteiger partial charge >= 0.3 is 6.09 Å². The molecule has 0 radical (unpaired) electrons. The highest BCUT2D eigenvalue weighted by molar-refractivity contribution is 5.67. The number of carbonyl (C=O) groups is 1. The lowest BCUT2D eigenvalue weighted by atomic mass is 10.1. The Bertz CT molecular complexity index is 621. The van der Waals surface area contributed by atoms with Gasteiger partial charge in [-0.3, -0.25) is 0 Å². The first kappa shape index (κ1) is 15.6. The summed E-state index contributed by atoms with van der Waals surface area (Å²) in [6, 6.07) is 19.0. The molecule has 0 aliphatic carbocycles. The van der Waals surface area contributed by atoms with Gasteiger partial charge in [0.05, 0.1) is 0 Å². The molecule has 0 saturated carbocycles. The van der Waals surface area contributed by atoms with Gasteiger partial charge in [-0.2, -0.15) is 0 Å². The number of hydrogen-bond donors (Lipinski definition) is 1. The molecule has 0 bridgehead atoms. The summed E-state index contributed by atoms with van der Waals surface area (Å²) in [5.74, 6) is 0. The van der Waals surface area contributed by atoms with E-state index in [1.165, 1.54) is 0 Å². The molecule has 1 N–H and O–H groups in total. The van der Waals surface area contributed by atoms with Crippen LogP contribution in [0.3, 0.4) is 0 Å². The van der Waals surface area contributed by atoms with Crippen molar-refractivity contribution in [3.05, 3.63) is 83.2 Å². The van der Waals surface area contributed by atoms with Gasteiger partial charge in [-0.05, 0) is 11.1 Å². The highest BCUT2D eigenvalue weighted by Gasteiger charge is 2.16. The van der Waals surface area contributed by atoms with Crippen LogP contribution in [0.5, 0.6) is 0 Å². The highest BCUT2D eigenvalue weighted by Crippen LogP contribution is 2.05. The molecule has 0 aliphatic rings. The normalized spacial score (nSPS) is 11.2. The molecule has 1 amide bonds. The minimum atomic E-state index is -0.492. The zero-order chi connectivity index (χ0) is 15.6. The monoisotopic (exact) mass is 294 g/mol. The molecule has 2 rings (SSSR count). The second kappa shape index (κ2) is 8.48. The number of alkyl carbamates (subject to hydrolysis) is 1. The van der Waals surface area contributed by atoms with E-state index in [-0.39, 0.29) is 19.2 Å². The van der Waals surface area contributed by atoms with Crippen LogP contribution in [0, 0.1) is 6.57 Å². The fraction of sp³-hybridized carbons (Fsp3) is 0.222. The van der Waals surface area contributed by atoms with Crippen molar-refractivity contribution in [3.8, 4) is 0 Å². The topological polar surface area (TPSA) is 42.7 Å². The molecular weight excluding hydrogens is 276 g/mol. The van der Waals surface area contributed by atoms with Crippen LogP contribution >= 0.6 is 0 Å². The third kappa shape index (κ3) is 5.29. The number of rotatable bonds is 6. The number of hydrogen-bond acceptors (Lipinski definition) is 2. The molecule has 0 heterocycles. The lowest BCUT2D eigenvalue weighted by Gasteiger charge is -2.14. The van der Waals surface area contributed by atoms with Crippen molar-refractivity contribution < 1.29 is 9.53 Å². The quantitative estimate of drug-likeness (QED) is 0.829. The third-order valence-electron chi connectivity index (χ3n) is 3.17. The Morgan fingerprint density at radius 1 is 1.05 bits per heavy atom. The molecule has 112 valence electrons. The molecule has 0 spiro atoms. The lowest BCUT2D eigenvalue weighted by molar-refractivity contribution is 0.136. The average molecular weight is 294 g/mol. The van der Waals surface area contributed by atoms with Gasteiger partial charge in [0.2, 0.25) is 6.54 Å². The van der Waals surface area contributed by atoms with Crippen LogP contribution in [0.4, 0.5) is 4.79 Å². The summed E-state index contributed by atoms with van der Waals surface area (Å²) >= 11 is 0. The maximum absolute atomic E-state index is 11.9. The van der Waals surface area contributed by atoms with Crippen molar-refractivity contribution in [2.45, 2.75) is 19.1 Å². The van der Waals surface area contributed by atoms with E-state index in [1.807, 2.05) is 60.7 Å². The summed E-state index contributed by atoms with van der Waals surface area (Å²) < 4.78 is 5.19. The Balaban J connectivity index is 1.85. The highest BCUT2D eigenvalue weighted by atomic mass is 16.5. The minimum Gasteiger partial charge on any atom is -0.445 e. The first-order valence-corrected chi connectivity index (χ1v) is 7.12. The molecule has 4 nitrogen and oxygen atoms in total. The Morgan fingerprint density at radius 3 is 2.23 bits per heavy atom. The summed E-state index contributed by atoms with van der Waals surface area (Å²) in [5, 5.41) is 2.76. The fourth-order valence-corrected chi connectivity index (χ4v) is 2.10. The maximum atomic E-state index is 11.9. The Kier molecular flexibility index (Phi) is 6.01. The van der Waals surface area contributed by atoms with E-state index < -0.39 is 6.09 Å². The molecule has 1 atom stereocenters. The summed E-state index contributed by atoms with van der Waals surface area (Å²) in [4.78, 5) is 15.2. The van der Waals surface area contributed by atoms with Crippen molar-refractivity contribution in [1.82, 2.24) is 5.32 Å². The largest absolute Gasteiger partial charge is 0.445 e. The molecule has 2 aromatic carbocycles. The number of nitrogens with one attached hydrogen (secondary N) is 1. The van der Waals surface area contributed by atoms with E-state index in [1.54, 1.807) is 0 Å². The van der Waals surface area contributed by atoms with Gasteiger partial charge in [0, 0.05) is 6.42 Å². The van der Waals surface area contributed by atoms with E-state index in [4.69, 9.17) is 11.3 Å². The van der Waals surface area contributed by atoms with Crippen molar-refractivity contribution in [1.29, 1.82) is 0 Å². The Morgan fingerprint density at radius 2 is 1.64 bits per heavy atom. The van der Waals surface area contributed by atoms with Crippen LogP contribution in [0.25, 0.3) is 4.85 Å². The van der Waals surface area contributed by atoms with Gasteiger partial charge in [-0.1, -0.05) is 60.7 Å². The number of nitrogens with zero attached hydrogens (tertiary/aromatic N) is 1. The van der Waals surface area contributed by atoms with E-state index in [0.717, 1.165) is 11.1 Å². The van der Waals surface area contributed by atoms with Gasteiger partial charge in [0.15, 0.2) is 0 Å². The number of ether oxygens (including phenoxy) is 1. The molecule has 4 heteroatoms. The van der Waals surface area contributed by atoms with E-state index in [0.29, 0.717) is 6.42 Å². The third-order valence-corrected chi connectivity index (χ3v) is 3.17. The molecule has 0 saturated heterocycles. The molecule has 0 fully saturated rings. The van der Waals surface area contributed by atoms with Crippen LogP contribution in [-0.4, -0.2) is 18.7 Å². The molecule has 0 unspecified atom stereocenters. The summed E-state index contributed by atoms with van der Waals surface area (Å²) in [6.45, 7) is 7.47. The van der Waals surface area contributed by atoms with E-state index in [9.17, 15) is 4.79 Å². The van der Waals surface area contributed by atoms with Crippen LogP contribution in [0.1, 0.15) is 11.1 Å². The van der Waals surface area contributed by atoms with Gasteiger partial charge in [-0.25, -0.2) is 11.4 Å². The summed E-state index contributed by atoms with van der Waals surface area (Å²) in [7, 11) is 0. The van der Waals surface area contributed by atoms with Crippen molar-refractivity contribution in [3.63, 3.8) is 0 Å². The molecule has 0 aliphatic heterocycles. The Labute approximate surface area is 130 Å². The molecule has 22 heavy (non-hydrogen) atoms. The zero-order valence-corrected chi connectivity index (χ0v) is 12.2. The zero-order valence-electron chi connectivity index (χ0n) is 12.2. The Hall–Kier alpha value is -2.80. The average Bonchev–Trinajstić information content (AvgIpc) is 2.55. The van der Waals surface area contributed by atoms with Crippen LogP contribution in [0.15, 0.2) is 60.7 Å². The van der Waals surface area contributed by atoms with E-state index in [2.05, 4.69) is 10.2 Å². The first-order chi connectivity index (χ1) is 10.8. The standard InChI is InChI=1S/C18H18N2O2/c1-19-13-17(12-15-8-4-2-5-9-15)20-18(21)22-14-16-10-6-3-7-11-16/h2-11,17H,12-14H2,(H,20,21)/t17-/m0/s1. The molecule has 0 aromatic heterocycles. The smallest absolute Gasteiger partial charge is 0.407 e. The van der Waals surface area contributed by atoms with Gasteiger partial charge < -0.3 is 14.9 Å². The summed E-state index contributed by atoms with van der Waals surface area (Å²) in [5.41, 5.74) is 2.02. The predicted octanol–water partition coefficient (Wildman–Crippen LogP) is 3.44. The van der Waals surface area contributed by atoms with Gasteiger partial charge in [0.1, 0.15) is 12.6 Å². The van der Waals surface area contributed by atoms with Crippen molar-refractivity contribution in [2.24, 2.45) is 0 Å².